The first-order valence-electron chi connectivity index (χ1n) is 7.71. The van der Waals surface area contributed by atoms with Gasteiger partial charge >= 0.3 is 6.01 Å². The van der Waals surface area contributed by atoms with E-state index in [4.69, 9.17) is 16.0 Å². The van der Waals surface area contributed by atoms with Gasteiger partial charge in [0.25, 0.3) is 0 Å². The molecule has 1 N–H and O–H groups in total. The standard InChI is InChI=1S/C17H13ClFN3O4S/c18-12-3-7-14(8-4-12)27(24,25)10-9-15(23)20-17-22-21-16(26-17)11-1-5-13(19)6-2-11/h1-8H,9-10H2,(H,20,22,23). The van der Waals surface area contributed by atoms with Gasteiger partial charge in [0.15, 0.2) is 9.84 Å². The van der Waals surface area contributed by atoms with Crippen molar-refractivity contribution in [3.63, 3.8) is 0 Å². The van der Waals surface area contributed by atoms with Gasteiger partial charge in [-0.15, -0.1) is 5.10 Å². The first-order valence-corrected chi connectivity index (χ1v) is 9.74. The van der Waals surface area contributed by atoms with E-state index in [-0.39, 0.29) is 29.0 Å². The Morgan fingerprint density at radius 1 is 1.07 bits per heavy atom. The molecule has 0 spiro atoms. The van der Waals surface area contributed by atoms with Crippen LogP contribution in [0.5, 0.6) is 0 Å². The molecule has 1 aromatic heterocycles. The molecule has 0 saturated heterocycles. The van der Waals surface area contributed by atoms with Gasteiger partial charge in [0.1, 0.15) is 5.82 Å². The average molecular weight is 410 g/mol. The van der Waals surface area contributed by atoms with E-state index in [1.54, 1.807) is 0 Å². The normalized spacial score (nSPS) is 11.3. The fourth-order valence-electron chi connectivity index (χ4n) is 2.15. The molecule has 2 aromatic carbocycles. The van der Waals surface area contributed by atoms with Crippen LogP contribution < -0.4 is 5.32 Å². The molecule has 1 amide bonds. The van der Waals surface area contributed by atoms with E-state index in [1.165, 1.54) is 48.5 Å². The Balaban J connectivity index is 1.59. The number of benzene rings is 2. The number of nitrogens with one attached hydrogen (secondary N) is 1. The first kappa shape index (κ1) is 19.0. The van der Waals surface area contributed by atoms with Crippen molar-refractivity contribution in [2.45, 2.75) is 11.3 Å². The molecule has 3 aromatic rings. The molecule has 3 rings (SSSR count). The predicted molar refractivity (Wildman–Crippen MR) is 96.4 cm³/mol. The van der Waals surface area contributed by atoms with E-state index < -0.39 is 21.6 Å². The summed E-state index contributed by atoms with van der Waals surface area (Å²) in [6, 6.07) is 10.9. The Bertz CT molecular complexity index is 1050. The second-order valence-corrected chi connectivity index (χ2v) is 8.04. The third-order valence-corrected chi connectivity index (χ3v) is 5.52. The van der Waals surface area contributed by atoms with E-state index >= 15 is 0 Å². The highest BCUT2D eigenvalue weighted by molar-refractivity contribution is 7.91. The van der Waals surface area contributed by atoms with Crippen LogP contribution in [0.3, 0.4) is 0 Å². The van der Waals surface area contributed by atoms with Crippen molar-refractivity contribution >= 4 is 33.4 Å². The zero-order chi connectivity index (χ0) is 19.4. The molecule has 0 bridgehead atoms. The summed E-state index contributed by atoms with van der Waals surface area (Å²) < 4.78 is 42.6. The summed E-state index contributed by atoms with van der Waals surface area (Å²) in [6.07, 6.45) is -0.292. The summed E-state index contributed by atoms with van der Waals surface area (Å²) in [6.45, 7) is 0. The van der Waals surface area contributed by atoms with E-state index in [1.807, 2.05) is 0 Å². The highest BCUT2D eigenvalue weighted by Gasteiger charge is 2.18. The maximum absolute atomic E-state index is 12.9. The monoisotopic (exact) mass is 409 g/mol. The van der Waals surface area contributed by atoms with Crippen molar-refractivity contribution in [3.05, 3.63) is 59.4 Å². The minimum Gasteiger partial charge on any atom is -0.403 e. The van der Waals surface area contributed by atoms with Gasteiger partial charge in [-0.3, -0.25) is 10.1 Å². The van der Waals surface area contributed by atoms with Gasteiger partial charge in [-0.1, -0.05) is 16.7 Å². The fraction of sp³-hybridized carbons (Fsp3) is 0.118. The Hall–Kier alpha value is -2.78. The number of halogens is 2. The third kappa shape index (κ3) is 4.89. The molecule has 0 unspecified atom stereocenters. The summed E-state index contributed by atoms with van der Waals surface area (Å²) in [5, 5.41) is 10.2. The number of nitrogens with zero attached hydrogens (tertiary/aromatic N) is 2. The SMILES string of the molecule is O=C(CCS(=O)(=O)c1ccc(Cl)cc1)Nc1nnc(-c2ccc(F)cc2)o1. The molecule has 10 heteroatoms. The highest BCUT2D eigenvalue weighted by Crippen LogP contribution is 2.20. The molecule has 7 nitrogen and oxygen atoms in total. The van der Waals surface area contributed by atoms with Crippen molar-refractivity contribution in [3.8, 4) is 11.5 Å². The molecule has 0 fully saturated rings. The molecule has 0 saturated carbocycles. The van der Waals surface area contributed by atoms with Gasteiger partial charge in [-0.05, 0) is 48.5 Å². The van der Waals surface area contributed by atoms with Crippen LogP contribution in [0.15, 0.2) is 57.8 Å². The van der Waals surface area contributed by atoms with Crippen LogP contribution in [0.4, 0.5) is 10.4 Å². The molecular formula is C17H13ClFN3O4S. The molecule has 0 atom stereocenters. The Labute approximate surface area is 159 Å². The maximum atomic E-state index is 12.9. The zero-order valence-corrected chi connectivity index (χ0v) is 15.3. The topological polar surface area (TPSA) is 102 Å². The van der Waals surface area contributed by atoms with Crippen molar-refractivity contribution in [1.82, 2.24) is 10.2 Å². The molecule has 140 valence electrons. The number of aromatic nitrogens is 2. The van der Waals surface area contributed by atoms with Crippen LogP contribution in [0.25, 0.3) is 11.5 Å². The van der Waals surface area contributed by atoms with E-state index in [0.717, 1.165) is 0 Å². The van der Waals surface area contributed by atoms with Crippen LogP contribution in [0.2, 0.25) is 5.02 Å². The quantitative estimate of drug-likeness (QED) is 0.669. The van der Waals surface area contributed by atoms with Gasteiger partial charge in [0, 0.05) is 17.0 Å². The van der Waals surface area contributed by atoms with Crippen LogP contribution in [-0.2, 0) is 14.6 Å². The van der Waals surface area contributed by atoms with Crippen LogP contribution in [-0.4, -0.2) is 30.3 Å². The molecule has 0 aliphatic carbocycles. The van der Waals surface area contributed by atoms with Crippen molar-refractivity contribution < 1.29 is 22.0 Å². The molecule has 1 heterocycles. The van der Waals surface area contributed by atoms with Crippen molar-refractivity contribution in [1.29, 1.82) is 0 Å². The third-order valence-electron chi connectivity index (χ3n) is 3.53. The minimum absolute atomic E-state index is 0.0797. The fourth-order valence-corrected chi connectivity index (χ4v) is 3.52. The van der Waals surface area contributed by atoms with Gasteiger partial charge < -0.3 is 4.42 Å². The number of hydrogen-bond donors (Lipinski definition) is 1. The number of hydrogen-bond acceptors (Lipinski definition) is 6. The van der Waals surface area contributed by atoms with Gasteiger partial charge in [0.2, 0.25) is 11.8 Å². The summed E-state index contributed by atoms with van der Waals surface area (Å²) in [7, 11) is -3.63. The molecule has 27 heavy (non-hydrogen) atoms. The zero-order valence-electron chi connectivity index (χ0n) is 13.7. The Kier molecular flexibility index (Phi) is 5.52. The van der Waals surface area contributed by atoms with Crippen LogP contribution in [0, 0.1) is 5.82 Å². The predicted octanol–water partition coefficient (Wildman–Crippen LogP) is 3.33. The average Bonchev–Trinajstić information content (AvgIpc) is 3.09. The molecule has 0 radical (unpaired) electrons. The summed E-state index contributed by atoms with van der Waals surface area (Å²) in [5.74, 6) is -1.30. The lowest BCUT2D eigenvalue weighted by Crippen LogP contribution is -2.17. The van der Waals surface area contributed by atoms with Crippen molar-refractivity contribution in [2.24, 2.45) is 0 Å². The number of anilines is 1. The number of amides is 1. The van der Waals surface area contributed by atoms with E-state index in [2.05, 4.69) is 15.5 Å². The highest BCUT2D eigenvalue weighted by atomic mass is 35.5. The summed E-state index contributed by atoms with van der Waals surface area (Å²) in [5.41, 5.74) is 0.481. The summed E-state index contributed by atoms with van der Waals surface area (Å²) >= 11 is 5.73. The number of sulfone groups is 1. The lowest BCUT2D eigenvalue weighted by atomic mass is 10.2. The second-order valence-electron chi connectivity index (χ2n) is 5.49. The van der Waals surface area contributed by atoms with Gasteiger partial charge in [0.05, 0.1) is 10.6 Å². The van der Waals surface area contributed by atoms with Gasteiger partial charge in [-0.2, -0.15) is 0 Å². The smallest absolute Gasteiger partial charge is 0.322 e. The number of carbonyl (C=O) groups excluding carboxylic acids is 1. The minimum atomic E-state index is -3.63. The lowest BCUT2D eigenvalue weighted by Gasteiger charge is -2.04. The van der Waals surface area contributed by atoms with E-state index in [0.29, 0.717) is 10.6 Å². The van der Waals surface area contributed by atoms with Crippen LogP contribution in [0.1, 0.15) is 6.42 Å². The number of carbonyl (C=O) groups is 1. The lowest BCUT2D eigenvalue weighted by molar-refractivity contribution is -0.115. The molecule has 0 aliphatic rings. The Morgan fingerprint density at radius 3 is 2.41 bits per heavy atom. The van der Waals surface area contributed by atoms with Crippen molar-refractivity contribution in [2.75, 3.05) is 11.1 Å². The molecular weight excluding hydrogens is 397 g/mol. The van der Waals surface area contributed by atoms with Crippen LogP contribution >= 0.6 is 11.6 Å². The Morgan fingerprint density at radius 2 is 1.74 bits per heavy atom. The largest absolute Gasteiger partial charge is 0.403 e. The second kappa shape index (κ2) is 7.85. The van der Waals surface area contributed by atoms with E-state index in [9.17, 15) is 17.6 Å². The number of rotatable bonds is 6. The first-order chi connectivity index (χ1) is 12.8. The molecule has 0 aliphatic heterocycles. The van der Waals surface area contributed by atoms with Gasteiger partial charge in [-0.25, -0.2) is 12.8 Å². The summed E-state index contributed by atoms with van der Waals surface area (Å²) in [4.78, 5) is 12.0. The maximum Gasteiger partial charge on any atom is 0.322 e.